The Morgan fingerprint density at radius 1 is 1.16 bits per heavy atom. The fraction of sp³-hybridized carbons (Fsp3) is 0.438. The van der Waals surface area contributed by atoms with Gasteiger partial charge in [0.2, 0.25) is 0 Å². The topological polar surface area (TPSA) is 25.2 Å². The number of carbonyl (C=O) groups is 1. The molecule has 0 bridgehead atoms. The van der Waals surface area contributed by atoms with Gasteiger partial charge < -0.3 is 9.47 Å². The Bertz CT molecular complexity index is 682. The molecule has 0 radical (unpaired) electrons. The Morgan fingerprint density at radius 2 is 1.89 bits per heavy atom. The first kappa shape index (κ1) is 12.3. The lowest BCUT2D eigenvalue weighted by molar-refractivity contribution is 0.0791. The second kappa shape index (κ2) is 4.12. The van der Waals surface area contributed by atoms with Gasteiger partial charge in [0, 0.05) is 26.0 Å². The quantitative estimate of drug-likeness (QED) is 0.711. The van der Waals surface area contributed by atoms with Crippen molar-refractivity contribution in [2.24, 2.45) is 7.05 Å². The molecular formula is C16H20N2O. The largest absolute Gasteiger partial charge is 0.340 e. The van der Waals surface area contributed by atoms with Crippen molar-refractivity contribution >= 4 is 16.8 Å². The lowest BCUT2D eigenvalue weighted by atomic mass is 10.0. The van der Waals surface area contributed by atoms with Crippen LogP contribution in [0.25, 0.3) is 10.9 Å². The van der Waals surface area contributed by atoms with E-state index in [1.807, 2.05) is 19.0 Å². The van der Waals surface area contributed by atoms with E-state index < -0.39 is 0 Å². The molecule has 0 saturated carbocycles. The SMILES string of the molecule is Cc1cc(C)c2c(c1)c1c(n2C)C(=O)N(C)CCC1. The lowest BCUT2D eigenvalue weighted by Crippen LogP contribution is -2.27. The van der Waals surface area contributed by atoms with Crippen molar-refractivity contribution in [1.82, 2.24) is 9.47 Å². The lowest BCUT2D eigenvalue weighted by Gasteiger charge is -2.15. The molecule has 0 spiro atoms. The van der Waals surface area contributed by atoms with Crippen molar-refractivity contribution in [2.45, 2.75) is 26.7 Å². The van der Waals surface area contributed by atoms with Crippen molar-refractivity contribution < 1.29 is 4.79 Å². The van der Waals surface area contributed by atoms with E-state index in [0.717, 1.165) is 25.1 Å². The molecule has 0 fully saturated rings. The number of benzene rings is 1. The first-order valence-corrected chi connectivity index (χ1v) is 6.84. The van der Waals surface area contributed by atoms with Crippen LogP contribution in [0.1, 0.15) is 33.6 Å². The number of aromatic nitrogens is 1. The van der Waals surface area contributed by atoms with Crippen LogP contribution < -0.4 is 0 Å². The summed E-state index contributed by atoms with van der Waals surface area (Å²) in [5, 5.41) is 1.26. The second-order valence-electron chi connectivity index (χ2n) is 5.69. The Hall–Kier alpha value is -1.77. The van der Waals surface area contributed by atoms with E-state index in [4.69, 9.17) is 0 Å². The average Bonchev–Trinajstić information content (AvgIpc) is 2.51. The van der Waals surface area contributed by atoms with E-state index in [2.05, 4.69) is 30.5 Å². The highest BCUT2D eigenvalue weighted by molar-refractivity contribution is 6.03. The maximum absolute atomic E-state index is 12.5. The van der Waals surface area contributed by atoms with E-state index in [1.54, 1.807) is 0 Å². The van der Waals surface area contributed by atoms with E-state index in [-0.39, 0.29) is 5.91 Å². The van der Waals surface area contributed by atoms with Gasteiger partial charge in [0.15, 0.2) is 0 Å². The molecule has 19 heavy (non-hydrogen) atoms. The molecule has 0 atom stereocenters. The summed E-state index contributed by atoms with van der Waals surface area (Å²) in [5.74, 6) is 0.156. The van der Waals surface area contributed by atoms with E-state index in [9.17, 15) is 4.79 Å². The number of hydrogen-bond acceptors (Lipinski definition) is 1. The van der Waals surface area contributed by atoms with Gasteiger partial charge in [-0.25, -0.2) is 0 Å². The van der Waals surface area contributed by atoms with Crippen LogP contribution in [0.15, 0.2) is 12.1 Å². The summed E-state index contributed by atoms with van der Waals surface area (Å²) >= 11 is 0. The minimum Gasteiger partial charge on any atom is -0.340 e. The zero-order valence-corrected chi connectivity index (χ0v) is 12.1. The van der Waals surface area contributed by atoms with Gasteiger partial charge in [-0.15, -0.1) is 0 Å². The Balaban J connectivity index is 2.41. The second-order valence-corrected chi connectivity index (χ2v) is 5.69. The third-order valence-electron chi connectivity index (χ3n) is 4.20. The third kappa shape index (κ3) is 1.68. The highest BCUT2D eigenvalue weighted by Gasteiger charge is 2.26. The van der Waals surface area contributed by atoms with Crippen LogP contribution in [0.2, 0.25) is 0 Å². The molecule has 0 aliphatic carbocycles. The van der Waals surface area contributed by atoms with Crippen LogP contribution in [0, 0.1) is 13.8 Å². The zero-order valence-electron chi connectivity index (χ0n) is 12.1. The molecule has 3 nitrogen and oxygen atoms in total. The molecule has 3 rings (SSSR count). The first-order chi connectivity index (χ1) is 9.00. The van der Waals surface area contributed by atoms with Gasteiger partial charge in [-0.3, -0.25) is 4.79 Å². The van der Waals surface area contributed by atoms with Crippen LogP contribution in [0.5, 0.6) is 0 Å². The molecular weight excluding hydrogens is 236 g/mol. The van der Waals surface area contributed by atoms with Gasteiger partial charge in [0.1, 0.15) is 5.69 Å². The number of fused-ring (bicyclic) bond motifs is 3. The summed E-state index contributed by atoms with van der Waals surface area (Å²) in [6, 6.07) is 4.41. The molecule has 0 N–H and O–H groups in total. The number of hydrogen-bond donors (Lipinski definition) is 0. The molecule has 100 valence electrons. The van der Waals surface area contributed by atoms with Crippen LogP contribution in [-0.4, -0.2) is 29.0 Å². The number of carbonyl (C=O) groups excluding carboxylic acids is 1. The van der Waals surface area contributed by atoms with Crippen LogP contribution in [0.3, 0.4) is 0 Å². The number of aryl methyl sites for hydroxylation is 4. The minimum atomic E-state index is 0.156. The number of rotatable bonds is 0. The summed E-state index contributed by atoms with van der Waals surface area (Å²) in [7, 11) is 3.91. The zero-order chi connectivity index (χ0) is 13.7. The fourth-order valence-electron chi connectivity index (χ4n) is 3.38. The van der Waals surface area contributed by atoms with Gasteiger partial charge in [0.05, 0.1) is 5.52 Å². The highest BCUT2D eigenvalue weighted by atomic mass is 16.2. The Kier molecular flexibility index (Phi) is 2.66. The molecule has 2 aromatic rings. The summed E-state index contributed by atoms with van der Waals surface area (Å²) in [6.45, 7) is 5.10. The Morgan fingerprint density at radius 3 is 2.63 bits per heavy atom. The molecule has 1 aromatic heterocycles. The predicted octanol–water partition coefficient (Wildman–Crippen LogP) is 2.81. The first-order valence-electron chi connectivity index (χ1n) is 6.84. The van der Waals surface area contributed by atoms with Gasteiger partial charge in [-0.2, -0.15) is 0 Å². The van der Waals surface area contributed by atoms with Crippen molar-refractivity contribution in [3.63, 3.8) is 0 Å². The summed E-state index contributed by atoms with van der Waals surface area (Å²) < 4.78 is 2.09. The van der Waals surface area contributed by atoms with Gasteiger partial charge in [0.25, 0.3) is 5.91 Å². The molecule has 1 aromatic carbocycles. The maximum atomic E-state index is 12.5. The van der Waals surface area contributed by atoms with E-state index >= 15 is 0 Å². The van der Waals surface area contributed by atoms with Gasteiger partial charge in [-0.1, -0.05) is 11.6 Å². The molecule has 3 heteroatoms. The fourth-order valence-corrected chi connectivity index (χ4v) is 3.38. The molecule has 1 aliphatic rings. The van der Waals surface area contributed by atoms with Gasteiger partial charge in [-0.05, 0) is 43.9 Å². The normalized spacial score (nSPS) is 15.8. The summed E-state index contributed by atoms with van der Waals surface area (Å²) in [4.78, 5) is 14.4. The molecule has 2 heterocycles. The third-order valence-corrected chi connectivity index (χ3v) is 4.20. The van der Waals surface area contributed by atoms with Crippen LogP contribution >= 0.6 is 0 Å². The number of nitrogens with zero attached hydrogens (tertiary/aromatic N) is 2. The molecule has 1 amide bonds. The highest BCUT2D eigenvalue weighted by Crippen LogP contribution is 2.32. The molecule has 0 unspecified atom stereocenters. The van der Waals surface area contributed by atoms with Crippen molar-refractivity contribution in [3.05, 3.63) is 34.5 Å². The summed E-state index contributed by atoms with van der Waals surface area (Å²) in [5.41, 5.74) is 5.84. The van der Waals surface area contributed by atoms with Crippen molar-refractivity contribution in [1.29, 1.82) is 0 Å². The van der Waals surface area contributed by atoms with E-state index in [0.29, 0.717) is 0 Å². The monoisotopic (exact) mass is 256 g/mol. The smallest absolute Gasteiger partial charge is 0.270 e. The predicted molar refractivity (Wildman–Crippen MR) is 77.7 cm³/mol. The van der Waals surface area contributed by atoms with Crippen molar-refractivity contribution in [2.75, 3.05) is 13.6 Å². The average molecular weight is 256 g/mol. The van der Waals surface area contributed by atoms with Gasteiger partial charge >= 0.3 is 0 Å². The summed E-state index contributed by atoms with van der Waals surface area (Å²) in [6.07, 6.45) is 2.03. The standard InChI is InChI=1S/C16H20N2O/c1-10-8-11(2)14-13(9-10)12-6-5-7-17(3)16(19)15(12)18(14)4/h8-9H,5-7H2,1-4H3. The maximum Gasteiger partial charge on any atom is 0.270 e. The van der Waals surface area contributed by atoms with Crippen molar-refractivity contribution in [3.8, 4) is 0 Å². The molecule has 1 aliphatic heterocycles. The van der Waals surface area contributed by atoms with Crippen LogP contribution in [0.4, 0.5) is 0 Å². The number of amides is 1. The molecule has 0 saturated heterocycles. The van der Waals surface area contributed by atoms with Crippen LogP contribution in [-0.2, 0) is 13.5 Å². The Labute approximate surface area is 113 Å². The minimum absolute atomic E-state index is 0.156. The van der Waals surface area contributed by atoms with E-state index in [1.165, 1.54) is 27.6 Å².